The highest BCUT2D eigenvalue weighted by atomic mass is 32.2. The smallest absolute Gasteiger partial charge is 0.337 e. The first kappa shape index (κ1) is 40.9. The summed E-state index contributed by atoms with van der Waals surface area (Å²) >= 11 is 0. The molecule has 1 unspecified atom stereocenters. The van der Waals surface area contributed by atoms with E-state index >= 15 is 0 Å². The van der Waals surface area contributed by atoms with E-state index in [1.165, 1.54) is 37.0 Å². The first-order valence-corrected chi connectivity index (χ1v) is 20.1. The fourth-order valence-corrected chi connectivity index (χ4v) is 7.79. The molecule has 5 rings (SSSR count). The van der Waals surface area contributed by atoms with Gasteiger partial charge in [0.05, 0.1) is 30.2 Å². The monoisotopic (exact) mass is 754 g/mol. The second kappa shape index (κ2) is 16.5. The lowest BCUT2D eigenvalue weighted by Gasteiger charge is -2.27. The SMILES string of the molecule is CC(C)(C)c1cc(S(=O)(=O)O)cc(C(C)(C)C)c1O.COC(=O)c1ccc(-c2cc(-c3ccc(C(=O)OC)cc3)cc(P(C)c3ccccc3)c2)cc1. The van der Waals surface area contributed by atoms with E-state index in [0.717, 1.165) is 22.3 Å². The summed E-state index contributed by atoms with van der Waals surface area (Å²) in [6, 6.07) is 34.6. The van der Waals surface area contributed by atoms with Crippen molar-refractivity contribution in [2.45, 2.75) is 57.3 Å². The van der Waals surface area contributed by atoms with Crippen LogP contribution in [-0.2, 0) is 30.4 Å². The number of ether oxygens (including phenoxy) is 2. The number of methoxy groups -OCH3 is 2. The van der Waals surface area contributed by atoms with Gasteiger partial charge in [0.1, 0.15) is 5.75 Å². The molecule has 1 atom stereocenters. The van der Waals surface area contributed by atoms with Crippen molar-refractivity contribution in [2.24, 2.45) is 0 Å². The normalized spacial score (nSPS) is 12.3. The van der Waals surface area contributed by atoms with Crippen LogP contribution in [0.2, 0.25) is 0 Å². The van der Waals surface area contributed by atoms with E-state index < -0.39 is 28.9 Å². The minimum atomic E-state index is -4.30. The zero-order chi connectivity index (χ0) is 39.3. The van der Waals surface area contributed by atoms with Gasteiger partial charge in [0.15, 0.2) is 0 Å². The van der Waals surface area contributed by atoms with Gasteiger partial charge in [0.25, 0.3) is 10.1 Å². The van der Waals surface area contributed by atoms with E-state index in [4.69, 9.17) is 9.47 Å². The van der Waals surface area contributed by atoms with Crippen LogP contribution in [0, 0.1) is 0 Å². The molecule has 2 N–H and O–H groups in total. The molecule has 0 amide bonds. The zero-order valence-corrected chi connectivity index (χ0v) is 33.3. The molecule has 5 aromatic carbocycles. The van der Waals surface area contributed by atoms with Gasteiger partial charge < -0.3 is 14.6 Å². The van der Waals surface area contributed by atoms with Crippen molar-refractivity contribution in [3.63, 3.8) is 0 Å². The Bertz CT molecular complexity index is 2070. The van der Waals surface area contributed by atoms with Gasteiger partial charge in [0.2, 0.25) is 0 Å². The number of benzene rings is 5. The van der Waals surface area contributed by atoms with E-state index in [0.29, 0.717) is 22.3 Å². The number of hydrogen-bond acceptors (Lipinski definition) is 7. The molecule has 0 fully saturated rings. The number of esters is 2. The third-order valence-corrected chi connectivity index (χ3v) is 11.7. The largest absolute Gasteiger partial charge is 0.507 e. The van der Waals surface area contributed by atoms with Gasteiger partial charge in [-0.1, -0.05) is 96.1 Å². The van der Waals surface area contributed by atoms with Gasteiger partial charge in [-0.25, -0.2) is 9.59 Å². The molecule has 0 aromatic heterocycles. The Kier molecular flexibility index (Phi) is 12.7. The van der Waals surface area contributed by atoms with Gasteiger partial charge in [0, 0.05) is 11.1 Å². The molecule has 53 heavy (non-hydrogen) atoms. The van der Waals surface area contributed by atoms with Crippen LogP contribution >= 0.6 is 7.92 Å². The Hall–Kier alpha value is -4.82. The van der Waals surface area contributed by atoms with E-state index in [-0.39, 0.29) is 22.6 Å². The number of aromatic hydroxyl groups is 1. The molecule has 10 heteroatoms. The molecule has 0 bridgehead atoms. The molecule has 278 valence electrons. The summed E-state index contributed by atoms with van der Waals surface area (Å²) in [5.41, 5.74) is 5.34. The van der Waals surface area contributed by atoms with Crippen molar-refractivity contribution in [2.75, 3.05) is 20.9 Å². The average Bonchev–Trinajstić information content (AvgIpc) is 3.13. The second-order valence-corrected chi connectivity index (χ2v) is 18.2. The summed E-state index contributed by atoms with van der Waals surface area (Å²) in [5.74, 6) is -0.618. The second-order valence-electron chi connectivity index (χ2n) is 14.6. The predicted molar refractivity (Wildman–Crippen MR) is 214 cm³/mol. The van der Waals surface area contributed by atoms with Crippen molar-refractivity contribution >= 4 is 40.6 Å². The van der Waals surface area contributed by atoms with Crippen LogP contribution in [0.1, 0.15) is 73.4 Å². The summed E-state index contributed by atoms with van der Waals surface area (Å²) in [4.78, 5) is 23.5. The molecular formula is C43H47O8PS. The van der Waals surface area contributed by atoms with Crippen molar-refractivity contribution in [1.29, 1.82) is 0 Å². The minimum absolute atomic E-state index is 0.0902. The standard InChI is InChI=1S/C29H25O4P.C14H22O4S/c1-32-28(30)22-13-9-20(10-14-22)24-17-25(21-11-15-23(16-12-21)29(31)33-2)19-27(18-24)34(3)26-7-5-4-6-8-26;1-13(2,3)10-7-9(19(16,17)18)8-11(12(10)15)14(4,5)6/h4-19H,1-3H3;7-8,15H,1-6H3,(H,16,17,18). The summed E-state index contributed by atoms with van der Waals surface area (Å²) in [7, 11) is -2.11. The van der Waals surface area contributed by atoms with Crippen molar-refractivity contribution in [1.82, 2.24) is 0 Å². The van der Waals surface area contributed by atoms with Crippen LogP contribution in [0.4, 0.5) is 0 Å². The van der Waals surface area contributed by atoms with E-state index in [1.54, 1.807) is 24.3 Å². The first-order chi connectivity index (χ1) is 24.7. The maximum Gasteiger partial charge on any atom is 0.337 e. The quantitative estimate of drug-likeness (QED) is 0.0959. The topological polar surface area (TPSA) is 127 Å². The average molecular weight is 755 g/mol. The Balaban J connectivity index is 0.000000281. The molecule has 0 aliphatic heterocycles. The highest BCUT2D eigenvalue weighted by molar-refractivity contribution is 7.85. The molecule has 0 radical (unpaired) electrons. The fourth-order valence-electron chi connectivity index (χ4n) is 5.67. The molecule has 0 aliphatic rings. The maximum absolute atomic E-state index is 11.8. The van der Waals surface area contributed by atoms with Crippen LogP contribution in [0.3, 0.4) is 0 Å². The highest BCUT2D eigenvalue weighted by Gasteiger charge is 2.29. The molecule has 0 saturated heterocycles. The number of carbonyl (C=O) groups is 2. The molecule has 5 aromatic rings. The Morgan fingerprint density at radius 1 is 0.585 bits per heavy atom. The van der Waals surface area contributed by atoms with Gasteiger partial charge in [-0.05, 0) is 113 Å². The van der Waals surface area contributed by atoms with Crippen molar-refractivity contribution in [3.8, 4) is 28.0 Å². The molecule has 0 spiro atoms. The Morgan fingerprint density at radius 2 is 0.981 bits per heavy atom. The number of phenols is 1. The summed E-state index contributed by atoms with van der Waals surface area (Å²) < 4.78 is 41.7. The molecular weight excluding hydrogens is 708 g/mol. The third-order valence-electron chi connectivity index (χ3n) is 8.72. The maximum atomic E-state index is 11.8. The lowest BCUT2D eigenvalue weighted by molar-refractivity contribution is 0.0592. The number of carbonyl (C=O) groups excluding carboxylic acids is 2. The molecule has 8 nitrogen and oxygen atoms in total. The van der Waals surface area contributed by atoms with Crippen LogP contribution < -0.4 is 10.6 Å². The highest BCUT2D eigenvalue weighted by Crippen LogP contribution is 2.41. The first-order valence-electron chi connectivity index (χ1n) is 16.9. The zero-order valence-electron chi connectivity index (χ0n) is 31.6. The number of rotatable bonds is 7. The van der Waals surface area contributed by atoms with E-state index in [2.05, 4.69) is 49.1 Å². The molecule has 0 heterocycles. The summed E-state index contributed by atoms with van der Waals surface area (Å²) in [6.07, 6.45) is 0. The Labute approximate surface area is 314 Å². The van der Waals surface area contributed by atoms with Crippen molar-refractivity contribution < 1.29 is 37.1 Å². The van der Waals surface area contributed by atoms with Gasteiger partial charge in [-0.2, -0.15) is 8.42 Å². The lowest BCUT2D eigenvalue weighted by atomic mass is 9.79. The van der Waals surface area contributed by atoms with Crippen LogP contribution in [-0.4, -0.2) is 50.9 Å². The fraction of sp³-hybridized carbons (Fsp3) is 0.256. The predicted octanol–water partition coefficient (Wildman–Crippen LogP) is 8.89. The van der Waals surface area contributed by atoms with Crippen LogP contribution in [0.25, 0.3) is 22.3 Å². The number of hydrogen-bond donors (Lipinski definition) is 2. The van der Waals surface area contributed by atoms with Gasteiger partial charge >= 0.3 is 11.9 Å². The molecule has 0 saturated carbocycles. The van der Waals surface area contributed by atoms with Gasteiger partial charge in [-0.3, -0.25) is 4.55 Å². The Morgan fingerprint density at radius 3 is 1.32 bits per heavy atom. The van der Waals surface area contributed by atoms with Crippen LogP contribution in [0.5, 0.6) is 5.75 Å². The van der Waals surface area contributed by atoms with E-state index in [1.807, 2.05) is 71.9 Å². The lowest BCUT2D eigenvalue weighted by Crippen LogP contribution is -2.18. The van der Waals surface area contributed by atoms with Gasteiger partial charge in [-0.15, -0.1) is 0 Å². The summed E-state index contributed by atoms with van der Waals surface area (Å²) in [5, 5.41) is 12.9. The number of phenolic OH excluding ortho intramolecular Hbond substituents is 1. The molecule has 0 aliphatic carbocycles. The van der Waals surface area contributed by atoms with Crippen LogP contribution in [0.15, 0.2) is 114 Å². The van der Waals surface area contributed by atoms with Crippen molar-refractivity contribution in [3.05, 3.63) is 131 Å². The third kappa shape index (κ3) is 10.2. The minimum Gasteiger partial charge on any atom is -0.507 e. The van der Waals surface area contributed by atoms with E-state index in [9.17, 15) is 27.7 Å². The summed E-state index contributed by atoms with van der Waals surface area (Å²) in [6.45, 7) is 13.5.